The summed E-state index contributed by atoms with van der Waals surface area (Å²) in [7, 11) is 1.37. The Bertz CT molecular complexity index is 1300. The maximum Gasteiger partial charge on any atom is 0.340 e. The first-order valence-corrected chi connectivity index (χ1v) is 12.5. The van der Waals surface area contributed by atoms with E-state index in [4.69, 9.17) is 17.0 Å². The summed E-state index contributed by atoms with van der Waals surface area (Å²) in [4.78, 5) is 13.4. The Hall–Kier alpha value is -3.01. The molecule has 174 valence electrons. The van der Waals surface area contributed by atoms with Crippen molar-refractivity contribution in [2.75, 3.05) is 17.7 Å². The molecule has 0 bridgehead atoms. The van der Waals surface area contributed by atoms with Crippen LogP contribution < -0.4 is 10.6 Å². The molecule has 0 unspecified atom stereocenters. The average Bonchev–Trinajstić information content (AvgIpc) is 3.37. The number of carbonyl (C=O) groups is 1. The van der Waals surface area contributed by atoms with E-state index in [9.17, 15) is 4.79 Å². The van der Waals surface area contributed by atoms with E-state index in [-0.39, 0.29) is 0 Å². The van der Waals surface area contributed by atoms with Gasteiger partial charge >= 0.3 is 5.97 Å². The van der Waals surface area contributed by atoms with E-state index in [0.717, 1.165) is 20.5 Å². The second kappa shape index (κ2) is 10.9. The number of nitrogens with zero attached hydrogens (tertiary/aromatic N) is 2. The Morgan fingerprint density at radius 1 is 1.12 bits per heavy atom. The van der Waals surface area contributed by atoms with Crippen LogP contribution in [0.15, 0.2) is 71.3 Å². The minimum Gasteiger partial charge on any atom is -0.465 e. The van der Waals surface area contributed by atoms with Gasteiger partial charge in [-0.1, -0.05) is 60.2 Å². The standard InChI is InChI=1S/C25H23BrN4O2S2/c1-16-8-10-18(11-9-16)14-30-15-21(26)22(29-30)27-25(33)28-23-20(24(31)32-2)13-19(34-23)12-17-6-4-3-5-7-17/h3-11,13,15H,12,14H2,1-2H3,(H2,27,28,29,33). The van der Waals surface area contributed by atoms with Gasteiger partial charge in [0.15, 0.2) is 10.9 Å². The number of hydrogen-bond acceptors (Lipinski definition) is 5. The highest BCUT2D eigenvalue weighted by Gasteiger charge is 2.19. The van der Waals surface area contributed by atoms with E-state index in [1.54, 1.807) is 0 Å². The lowest BCUT2D eigenvalue weighted by Gasteiger charge is -2.09. The number of thiophene rings is 1. The van der Waals surface area contributed by atoms with Gasteiger partial charge in [0.1, 0.15) is 5.00 Å². The number of anilines is 2. The van der Waals surface area contributed by atoms with Crippen molar-refractivity contribution < 1.29 is 9.53 Å². The lowest BCUT2D eigenvalue weighted by atomic mass is 10.1. The first-order chi connectivity index (χ1) is 16.4. The van der Waals surface area contributed by atoms with Gasteiger partial charge in [0, 0.05) is 17.5 Å². The Balaban J connectivity index is 1.46. The lowest BCUT2D eigenvalue weighted by molar-refractivity contribution is 0.0602. The van der Waals surface area contributed by atoms with Gasteiger partial charge in [-0.15, -0.1) is 11.3 Å². The van der Waals surface area contributed by atoms with Crippen molar-refractivity contribution in [2.24, 2.45) is 0 Å². The zero-order valence-electron chi connectivity index (χ0n) is 18.7. The first-order valence-electron chi connectivity index (χ1n) is 10.5. The van der Waals surface area contributed by atoms with Crippen molar-refractivity contribution in [1.29, 1.82) is 0 Å². The number of methoxy groups -OCH3 is 1. The van der Waals surface area contributed by atoms with Crippen LogP contribution in [-0.4, -0.2) is 28.0 Å². The molecule has 2 aromatic heterocycles. The zero-order chi connectivity index (χ0) is 24.1. The largest absolute Gasteiger partial charge is 0.465 e. The van der Waals surface area contributed by atoms with Crippen LogP contribution in [0, 0.1) is 6.92 Å². The summed E-state index contributed by atoms with van der Waals surface area (Å²) in [6.45, 7) is 2.70. The van der Waals surface area contributed by atoms with Gasteiger partial charge in [-0.3, -0.25) is 4.68 Å². The highest BCUT2D eigenvalue weighted by Crippen LogP contribution is 2.31. The van der Waals surface area contributed by atoms with Gasteiger partial charge in [-0.05, 0) is 52.3 Å². The molecule has 0 radical (unpaired) electrons. The molecule has 4 rings (SSSR count). The fraction of sp³-hybridized carbons (Fsp3) is 0.160. The average molecular weight is 556 g/mol. The van der Waals surface area contributed by atoms with Crippen LogP contribution in [0.1, 0.15) is 31.9 Å². The summed E-state index contributed by atoms with van der Waals surface area (Å²) < 4.78 is 7.59. The number of hydrogen-bond donors (Lipinski definition) is 2. The summed E-state index contributed by atoms with van der Waals surface area (Å²) in [6.07, 6.45) is 2.61. The van der Waals surface area contributed by atoms with Gasteiger partial charge in [-0.25, -0.2) is 4.79 Å². The highest BCUT2D eigenvalue weighted by atomic mass is 79.9. The van der Waals surface area contributed by atoms with Crippen molar-refractivity contribution in [2.45, 2.75) is 19.9 Å². The number of rotatable bonds is 7. The van der Waals surface area contributed by atoms with E-state index < -0.39 is 5.97 Å². The molecule has 0 atom stereocenters. The number of esters is 1. The van der Waals surface area contributed by atoms with Gasteiger partial charge in [0.25, 0.3) is 0 Å². The number of thiocarbonyl (C=S) groups is 1. The summed E-state index contributed by atoms with van der Waals surface area (Å²) in [6, 6.07) is 20.3. The van der Waals surface area contributed by atoms with E-state index >= 15 is 0 Å². The van der Waals surface area contributed by atoms with Crippen molar-refractivity contribution in [3.8, 4) is 0 Å². The summed E-state index contributed by atoms with van der Waals surface area (Å²) in [5, 5.41) is 11.8. The van der Waals surface area contributed by atoms with Gasteiger partial charge in [-0.2, -0.15) is 5.10 Å². The van der Waals surface area contributed by atoms with Crippen molar-refractivity contribution in [3.05, 3.63) is 98.5 Å². The zero-order valence-corrected chi connectivity index (χ0v) is 21.9. The second-order valence-electron chi connectivity index (χ2n) is 7.70. The molecular formula is C25H23BrN4O2S2. The summed E-state index contributed by atoms with van der Waals surface area (Å²) >= 11 is 10.5. The fourth-order valence-electron chi connectivity index (χ4n) is 3.37. The molecule has 6 nitrogen and oxygen atoms in total. The number of aryl methyl sites for hydroxylation is 1. The lowest BCUT2D eigenvalue weighted by Crippen LogP contribution is -2.20. The van der Waals surface area contributed by atoms with Gasteiger partial charge < -0.3 is 15.4 Å². The number of halogens is 1. The number of aromatic nitrogens is 2. The maximum atomic E-state index is 12.3. The van der Waals surface area contributed by atoms with Crippen LogP contribution >= 0.6 is 39.5 Å². The Morgan fingerprint density at radius 2 is 1.85 bits per heavy atom. The third kappa shape index (κ3) is 6.11. The molecule has 0 aliphatic carbocycles. The quantitative estimate of drug-likeness (QED) is 0.208. The molecule has 0 saturated carbocycles. The predicted molar refractivity (Wildman–Crippen MR) is 145 cm³/mol. The molecule has 2 aromatic carbocycles. The molecular weight excluding hydrogens is 532 g/mol. The topological polar surface area (TPSA) is 68.2 Å². The number of carbonyl (C=O) groups excluding carboxylic acids is 1. The van der Waals surface area contributed by atoms with Gasteiger partial charge in [0.2, 0.25) is 0 Å². The van der Waals surface area contributed by atoms with Crippen molar-refractivity contribution >= 4 is 61.4 Å². The first kappa shape index (κ1) is 24.1. The van der Waals surface area contributed by atoms with E-state index in [1.807, 2.05) is 35.1 Å². The molecule has 0 spiro atoms. The number of ether oxygens (including phenoxy) is 1. The van der Waals surface area contributed by atoms with E-state index in [1.165, 1.54) is 24.0 Å². The van der Waals surface area contributed by atoms with Crippen molar-refractivity contribution in [3.63, 3.8) is 0 Å². The Morgan fingerprint density at radius 3 is 2.56 bits per heavy atom. The molecule has 0 saturated heterocycles. The van der Waals surface area contributed by atoms with Crippen LogP contribution in [0.5, 0.6) is 0 Å². The normalized spacial score (nSPS) is 10.7. The molecule has 0 amide bonds. The van der Waals surface area contributed by atoms with E-state index in [0.29, 0.717) is 34.5 Å². The van der Waals surface area contributed by atoms with Crippen LogP contribution in [0.4, 0.5) is 10.8 Å². The fourth-order valence-corrected chi connectivity index (χ4v) is 5.13. The van der Waals surface area contributed by atoms with E-state index in [2.05, 4.69) is 75.0 Å². The molecule has 4 aromatic rings. The molecule has 2 N–H and O–H groups in total. The maximum absolute atomic E-state index is 12.3. The minimum atomic E-state index is -0.413. The molecule has 0 fully saturated rings. The van der Waals surface area contributed by atoms with Crippen molar-refractivity contribution in [1.82, 2.24) is 9.78 Å². The van der Waals surface area contributed by atoms with Crippen LogP contribution in [0.2, 0.25) is 0 Å². The monoisotopic (exact) mass is 554 g/mol. The second-order valence-corrected chi connectivity index (χ2v) is 10.1. The molecule has 34 heavy (non-hydrogen) atoms. The predicted octanol–water partition coefficient (Wildman–Crippen LogP) is 6.25. The molecule has 0 aliphatic heterocycles. The molecule has 2 heterocycles. The third-order valence-electron chi connectivity index (χ3n) is 5.05. The molecule has 9 heteroatoms. The van der Waals surface area contributed by atoms with Crippen LogP contribution in [0.25, 0.3) is 0 Å². The minimum absolute atomic E-state index is 0.333. The van der Waals surface area contributed by atoms with Crippen LogP contribution in [0.3, 0.4) is 0 Å². The summed E-state index contributed by atoms with van der Waals surface area (Å²) in [5.41, 5.74) is 3.98. The number of nitrogens with one attached hydrogen (secondary N) is 2. The SMILES string of the molecule is COC(=O)c1cc(Cc2ccccc2)sc1NC(=S)Nc1nn(Cc2ccc(C)cc2)cc1Br. The highest BCUT2D eigenvalue weighted by molar-refractivity contribution is 9.10. The molecule has 0 aliphatic rings. The van der Waals surface area contributed by atoms with Gasteiger partial charge in [0.05, 0.1) is 23.7 Å². The van der Waals surface area contributed by atoms with Crippen LogP contribution in [-0.2, 0) is 17.7 Å². The number of benzene rings is 2. The summed E-state index contributed by atoms with van der Waals surface area (Å²) in [5.74, 6) is 0.176. The third-order valence-corrected chi connectivity index (χ3v) is 6.89. The smallest absolute Gasteiger partial charge is 0.340 e. The Kier molecular flexibility index (Phi) is 7.77. The Labute approximate surface area is 216 Å².